The molecule has 0 fully saturated rings. The van der Waals surface area contributed by atoms with Crippen LogP contribution >= 0.6 is 0 Å². The molecule has 8 heteroatoms. The van der Waals surface area contributed by atoms with E-state index in [1.54, 1.807) is 12.5 Å². The molecule has 1 aromatic carbocycles. The lowest BCUT2D eigenvalue weighted by Gasteiger charge is -2.13. The van der Waals surface area contributed by atoms with Crippen molar-refractivity contribution in [3.05, 3.63) is 61.1 Å². The Kier molecular flexibility index (Phi) is 5.51. The van der Waals surface area contributed by atoms with Crippen molar-refractivity contribution >= 4 is 28.7 Å². The number of nitrogens with one attached hydrogen (secondary N) is 2. The van der Waals surface area contributed by atoms with Gasteiger partial charge in [-0.2, -0.15) is 0 Å². The summed E-state index contributed by atoms with van der Waals surface area (Å²) in [6.07, 6.45) is 3.29. The Balaban J connectivity index is 1.54. The number of hydrogen-bond acceptors (Lipinski definition) is 7. The molecule has 0 bridgehead atoms. The van der Waals surface area contributed by atoms with Crippen LogP contribution in [0.4, 0.5) is 17.6 Å². The third-order valence-electron chi connectivity index (χ3n) is 4.30. The SMILES string of the molecule is CC(C)n1c(Nc2ccccn2)nc2c(NCCOc3ccccc3)ncnc21. The predicted octanol–water partition coefficient (Wildman–Crippen LogP) is 4.04. The summed E-state index contributed by atoms with van der Waals surface area (Å²) in [5.74, 6) is 2.92. The van der Waals surface area contributed by atoms with Crippen molar-refractivity contribution in [3.8, 4) is 5.75 Å². The molecule has 148 valence electrons. The third kappa shape index (κ3) is 4.26. The van der Waals surface area contributed by atoms with Crippen LogP contribution in [-0.2, 0) is 0 Å². The molecule has 0 spiro atoms. The van der Waals surface area contributed by atoms with Crippen molar-refractivity contribution in [3.63, 3.8) is 0 Å². The molecule has 0 saturated heterocycles. The maximum atomic E-state index is 5.73. The number of para-hydroxylation sites is 1. The maximum Gasteiger partial charge on any atom is 0.211 e. The largest absolute Gasteiger partial charge is 0.492 e. The van der Waals surface area contributed by atoms with E-state index in [4.69, 9.17) is 9.72 Å². The quantitative estimate of drug-likeness (QED) is 0.440. The molecule has 3 heterocycles. The van der Waals surface area contributed by atoms with Gasteiger partial charge in [0.15, 0.2) is 17.0 Å². The van der Waals surface area contributed by atoms with E-state index in [1.165, 1.54) is 0 Å². The molecule has 0 saturated carbocycles. The molecule has 8 nitrogen and oxygen atoms in total. The average Bonchev–Trinajstić information content (AvgIpc) is 3.11. The van der Waals surface area contributed by atoms with Gasteiger partial charge in [-0.15, -0.1) is 0 Å². The number of ether oxygens (including phenoxy) is 1. The molecule has 4 rings (SSSR count). The van der Waals surface area contributed by atoms with E-state index >= 15 is 0 Å². The molecule has 0 aliphatic heterocycles. The van der Waals surface area contributed by atoms with Gasteiger partial charge in [0.1, 0.15) is 24.5 Å². The minimum absolute atomic E-state index is 0.162. The lowest BCUT2D eigenvalue weighted by atomic mass is 10.3. The second-order valence-electron chi connectivity index (χ2n) is 6.72. The Hall–Kier alpha value is -3.68. The van der Waals surface area contributed by atoms with Crippen molar-refractivity contribution in [1.82, 2.24) is 24.5 Å². The molecule has 29 heavy (non-hydrogen) atoms. The summed E-state index contributed by atoms with van der Waals surface area (Å²) >= 11 is 0. The van der Waals surface area contributed by atoms with Crippen LogP contribution in [0.2, 0.25) is 0 Å². The lowest BCUT2D eigenvalue weighted by Crippen LogP contribution is -2.13. The molecular weight excluding hydrogens is 366 g/mol. The maximum absolute atomic E-state index is 5.73. The fourth-order valence-corrected chi connectivity index (χ4v) is 3.02. The molecule has 0 aliphatic carbocycles. The number of aromatic nitrogens is 5. The number of fused-ring (bicyclic) bond motifs is 1. The highest BCUT2D eigenvalue weighted by Gasteiger charge is 2.18. The summed E-state index contributed by atoms with van der Waals surface area (Å²) in [5.41, 5.74) is 1.47. The Morgan fingerprint density at radius 2 is 1.83 bits per heavy atom. The number of nitrogens with zero attached hydrogens (tertiary/aromatic N) is 5. The monoisotopic (exact) mass is 389 g/mol. The fourth-order valence-electron chi connectivity index (χ4n) is 3.02. The summed E-state index contributed by atoms with van der Waals surface area (Å²) in [7, 11) is 0. The van der Waals surface area contributed by atoms with Crippen molar-refractivity contribution < 1.29 is 4.74 Å². The fraction of sp³-hybridized carbons (Fsp3) is 0.238. The number of imidazole rings is 1. The van der Waals surface area contributed by atoms with Crippen molar-refractivity contribution in [1.29, 1.82) is 0 Å². The van der Waals surface area contributed by atoms with Crippen LogP contribution in [0.1, 0.15) is 19.9 Å². The first-order valence-corrected chi connectivity index (χ1v) is 9.55. The molecular formula is C21H23N7O. The Bertz CT molecular complexity index is 1060. The van der Waals surface area contributed by atoms with Gasteiger partial charge >= 0.3 is 0 Å². The van der Waals surface area contributed by atoms with E-state index in [0.29, 0.717) is 30.4 Å². The molecule has 3 aromatic heterocycles. The van der Waals surface area contributed by atoms with Gasteiger partial charge in [0.25, 0.3) is 0 Å². The topological polar surface area (TPSA) is 89.8 Å². The number of pyridine rings is 1. The zero-order valence-electron chi connectivity index (χ0n) is 16.4. The van der Waals surface area contributed by atoms with Crippen molar-refractivity contribution in [2.45, 2.75) is 19.9 Å². The van der Waals surface area contributed by atoms with Crippen LogP contribution in [0.3, 0.4) is 0 Å². The highest BCUT2D eigenvalue weighted by molar-refractivity contribution is 5.85. The van der Waals surface area contributed by atoms with Crippen molar-refractivity contribution in [2.24, 2.45) is 0 Å². The van der Waals surface area contributed by atoms with Crippen LogP contribution in [0.5, 0.6) is 5.75 Å². The Morgan fingerprint density at radius 1 is 1.00 bits per heavy atom. The average molecular weight is 389 g/mol. The van der Waals surface area contributed by atoms with Crippen molar-refractivity contribution in [2.75, 3.05) is 23.8 Å². The molecule has 4 aromatic rings. The van der Waals surface area contributed by atoms with Gasteiger partial charge < -0.3 is 15.4 Å². The van der Waals surface area contributed by atoms with Gasteiger partial charge in [-0.25, -0.2) is 19.9 Å². The minimum atomic E-state index is 0.162. The standard InChI is InChI=1S/C21H23N7O/c1-15(2)28-20-18(27-21(28)26-17-10-6-7-11-22-17)19(24-14-25-20)23-12-13-29-16-8-4-3-5-9-16/h3-11,14-15H,12-13H2,1-2H3,(H,22,26,27)(H,23,24,25). The molecule has 0 amide bonds. The van der Waals surface area contributed by atoms with Crippen LogP contribution in [0.15, 0.2) is 61.1 Å². The molecule has 0 atom stereocenters. The lowest BCUT2D eigenvalue weighted by molar-refractivity contribution is 0.333. The van der Waals surface area contributed by atoms with E-state index in [-0.39, 0.29) is 6.04 Å². The van der Waals surface area contributed by atoms with Gasteiger partial charge in [-0.1, -0.05) is 24.3 Å². The normalized spacial score (nSPS) is 11.0. The molecule has 0 unspecified atom stereocenters. The highest BCUT2D eigenvalue weighted by Crippen LogP contribution is 2.27. The summed E-state index contributed by atoms with van der Waals surface area (Å²) in [6.45, 7) is 5.29. The summed E-state index contributed by atoms with van der Waals surface area (Å²) in [6, 6.07) is 15.6. The van der Waals surface area contributed by atoms with E-state index < -0.39 is 0 Å². The number of anilines is 3. The third-order valence-corrected chi connectivity index (χ3v) is 4.30. The van der Waals surface area contributed by atoms with E-state index in [1.807, 2.05) is 53.1 Å². The minimum Gasteiger partial charge on any atom is -0.492 e. The number of benzene rings is 1. The summed E-state index contributed by atoms with van der Waals surface area (Å²) in [4.78, 5) is 17.9. The van der Waals surface area contributed by atoms with E-state index in [2.05, 4.69) is 39.4 Å². The van der Waals surface area contributed by atoms with Gasteiger partial charge in [0, 0.05) is 12.2 Å². The second-order valence-corrected chi connectivity index (χ2v) is 6.72. The molecule has 0 aliphatic rings. The zero-order valence-corrected chi connectivity index (χ0v) is 16.4. The van der Waals surface area contributed by atoms with E-state index in [9.17, 15) is 0 Å². The predicted molar refractivity (Wildman–Crippen MR) is 114 cm³/mol. The van der Waals surface area contributed by atoms with E-state index in [0.717, 1.165) is 17.2 Å². The van der Waals surface area contributed by atoms with Crippen LogP contribution in [0, 0.1) is 0 Å². The van der Waals surface area contributed by atoms with Gasteiger partial charge in [-0.05, 0) is 38.1 Å². The zero-order chi connectivity index (χ0) is 20.1. The Morgan fingerprint density at radius 3 is 2.59 bits per heavy atom. The first-order chi connectivity index (χ1) is 14.2. The van der Waals surface area contributed by atoms with Crippen LogP contribution < -0.4 is 15.4 Å². The highest BCUT2D eigenvalue weighted by atomic mass is 16.5. The molecule has 0 radical (unpaired) electrons. The summed E-state index contributed by atoms with van der Waals surface area (Å²) < 4.78 is 7.77. The summed E-state index contributed by atoms with van der Waals surface area (Å²) in [5, 5.41) is 6.59. The number of hydrogen-bond donors (Lipinski definition) is 2. The Labute approximate surface area is 169 Å². The smallest absolute Gasteiger partial charge is 0.211 e. The second kappa shape index (κ2) is 8.55. The first kappa shape index (κ1) is 18.7. The van der Waals surface area contributed by atoms with Crippen LogP contribution in [0.25, 0.3) is 11.2 Å². The van der Waals surface area contributed by atoms with Gasteiger partial charge in [0.05, 0.1) is 6.54 Å². The van der Waals surface area contributed by atoms with Gasteiger partial charge in [0.2, 0.25) is 5.95 Å². The van der Waals surface area contributed by atoms with Gasteiger partial charge in [-0.3, -0.25) is 4.57 Å². The number of rotatable bonds is 8. The molecule has 2 N–H and O–H groups in total. The van der Waals surface area contributed by atoms with Crippen LogP contribution in [-0.4, -0.2) is 37.7 Å². The first-order valence-electron chi connectivity index (χ1n) is 9.55.